The molecule has 4 rings (SSSR count). The molecule has 0 amide bonds. The van der Waals surface area contributed by atoms with Crippen LogP contribution in [0, 0.1) is 0 Å². The molecular weight excluding hydrogens is 304 g/mol. The summed E-state index contributed by atoms with van der Waals surface area (Å²) >= 11 is 1.79. The van der Waals surface area contributed by atoms with Crippen LogP contribution in [0.15, 0.2) is 80.4 Å². The highest BCUT2D eigenvalue weighted by Crippen LogP contribution is 2.26. The molecule has 0 saturated carbocycles. The van der Waals surface area contributed by atoms with E-state index in [4.69, 9.17) is 0 Å². The second-order valence-corrected chi connectivity index (χ2v) is 6.24. The zero-order valence-corrected chi connectivity index (χ0v) is 13.8. The predicted octanol–water partition coefficient (Wildman–Crippen LogP) is 3.43. The van der Waals surface area contributed by atoms with Crippen molar-refractivity contribution >= 4 is 24.4 Å². The van der Waals surface area contributed by atoms with Crippen molar-refractivity contribution in [1.29, 1.82) is 0 Å². The van der Waals surface area contributed by atoms with E-state index in [-0.39, 0.29) is 0 Å². The predicted molar refractivity (Wildman–Crippen MR) is 97.1 cm³/mol. The Labute approximate surface area is 141 Å². The van der Waals surface area contributed by atoms with Crippen molar-refractivity contribution in [3.8, 4) is 0 Å². The lowest BCUT2D eigenvalue weighted by molar-refractivity contribution is 0.176. The van der Waals surface area contributed by atoms with Crippen LogP contribution < -0.4 is 0 Å². The second-order valence-electron chi connectivity index (χ2n) is 5.10. The van der Waals surface area contributed by atoms with Crippen molar-refractivity contribution in [3.05, 3.63) is 60.7 Å². The maximum absolute atomic E-state index is 4.11. The van der Waals surface area contributed by atoms with Gasteiger partial charge in [-0.2, -0.15) is 0 Å². The van der Waals surface area contributed by atoms with Crippen LogP contribution in [-0.4, -0.2) is 48.9 Å². The molecule has 23 heavy (non-hydrogen) atoms. The number of hydrogen-bond acceptors (Lipinski definition) is 5. The number of hydrogen-bond donors (Lipinski definition) is 0. The highest BCUT2D eigenvalue weighted by Gasteiger charge is 2.14. The van der Waals surface area contributed by atoms with Crippen molar-refractivity contribution in [2.45, 2.75) is 9.79 Å². The number of hydrazine groups is 1. The maximum Gasteiger partial charge on any atom is 0.104 e. The first kappa shape index (κ1) is 15.6. The van der Waals surface area contributed by atoms with Crippen LogP contribution in [0.1, 0.15) is 0 Å². The minimum absolute atomic E-state index is 0.921. The zero-order chi connectivity index (χ0) is 15.7. The fourth-order valence-corrected chi connectivity index (χ4v) is 3.10. The topological polar surface area (TPSA) is 31.2 Å². The van der Waals surface area contributed by atoms with Crippen molar-refractivity contribution in [1.82, 2.24) is 10.0 Å². The Morgan fingerprint density at radius 1 is 0.652 bits per heavy atom. The number of nitrogens with zero attached hydrogens (tertiary/aromatic N) is 4. The van der Waals surface area contributed by atoms with Gasteiger partial charge >= 0.3 is 0 Å². The van der Waals surface area contributed by atoms with Gasteiger partial charge in [0.1, 0.15) is 12.7 Å². The van der Waals surface area contributed by atoms with Gasteiger partial charge in [-0.25, -0.2) is 0 Å². The third kappa shape index (κ3) is 4.86. The molecule has 2 heterocycles. The summed E-state index contributed by atoms with van der Waals surface area (Å²) in [6.07, 6.45) is 3.74. The first-order chi connectivity index (χ1) is 11.4. The van der Waals surface area contributed by atoms with Crippen LogP contribution in [0.5, 0.6) is 0 Å². The van der Waals surface area contributed by atoms with Crippen LogP contribution in [0.4, 0.5) is 0 Å². The first-order valence-corrected chi connectivity index (χ1v) is 8.54. The monoisotopic (exact) mass is 324 g/mol. The van der Waals surface area contributed by atoms with Gasteiger partial charge in [0.25, 0.3) is 0 Å². The number of aliphatic imine (C=N–C) groups is 2. The molecule has 2 aliphatic rings. The van der Waals surface area contributed by atoms with E-state index < -0.39 is 0 Å². The minimum atomic E-state index is 0.921. The summed E-state index contributed by atoms with van der Waals surface area (Å²) in [5, 5.41) is 4.19. The second kappa shape index (κ2) is 8.39. The SMILES string of the molecule is C1=NCCN1N1C=NCC1.c1ccc(Sc2ccccc2)cc1. The summed E-state index contributed by atoms with van der Waals surface area (Å²) in [7, 11) is 0. The Morgan fingerprint density at radius 3 is 1.43 bits per heavy atom. The summed E-state index contributed by atoms with van der Waals surface area (Å²) in [5.41, 5.74) is 0. The van der Waals surface area contributed by atoms with Gasteiger partial charge in [0, 0.05) is 9.79 Å². The van der Waals surface area contributed by atoms with Crippen molar-refractivity contribution in [3.63, 3.8) is 0 Å². The molecule has 0 N–H and O–H groups in total. The molecule has 0 bridgehead atoms. The van der Waals surface area contributed by atoms with E-state index in [2.05, 4.69) is 68.5 Å². The Bertz CT molecular complexity index is 585. The van der Waals surface area contributed by atoms with Crippen LogP contribution in [0.2, 0.25) is 0 Å². The lowest BCUT2D eigenvalue weighted by Crippen LogP contribution is -2.38. The Kier molecular flexibility index (Phi) is 5.69. The lowest BCUT2D eigenvalue weighted by atomic mass is 10.4. The van der Waals surface area contributed by atoms with Gasteiger partial charge in [-0.1, -0.05) is 48.2 Å². The summed E-state index contributed by atoms with van der Waals surface area (Å²) in [5.74, 6) is 0. The molecule has 118 valence electrons. The Balaban J connectivity index is 0.000000140. The molecule has 0 saturated heterocycles. The van der Waals surface area contributed by atoms with Gasteiger partial charge in [-0.05, 0) is 24.3 Å². The fourth-order valence-electron chi connectivity index (χ4n) is 2.24. The average molecular weight is 324 g/mol. The number of rotatable bonds is 3. The summed E-state index contributed by atoms with van der Waals surface area (Å²) in [6, 6.07) is 20.8. The van der Waals surface area contributed by atoms with Crippen LogP contribution >= 0.6 is 11.8 Å². The van der Waals surface area contributed by atoms with Gasteiger partial charge in [0.2, 0.25) is 0 Å². The van der Waals surface area contributed by atoms with E-state index in [1.807, 2.05) is 24.8 Å². The molecule has 2 aromatic rings. The quantitative estimate of drug-likeness (QED) is 0.867. The molecule has 0 atom stereocenters. The van der Waals surface area contributed by atoms with Crippen molar-refractivity contribution in [2.75, 3.05) is 26.2 Å². The molecule has 2 aromatic carbocycles. The average Bonchev–Trinajstić information content (AvgIpc) is 3.31. The zero-order valence-electron chi connectivity index (χ0n) is 13.0. The molecule has 0 unspecified atom stereocenters. The van der Waals surface area contributed by atoms with Crippen molar-refractivity contribution in [2.24, 2.45) is 9.98 Å². The van der Waals surface area contributed by atoms with E-state index in [1.165, 1.54) is 9.79 Å². The molecule has 0 aliphatic carbocycles. The molecular formula is C18H20N4S. The van der Waals surface area contributed by atoms with E-state index in [0.717, 1.165) is 26.2 Å². The fraction of sp³-hybridized carbons (Fsp3) is 0.222. The molecule has 0 aromatic heterocycles. The van der Waals surface area contributed by atoms with E-state index >= 15 is 0 Å². The standard InChI is InChI=1S/C12H10S.C6H10N4/c1-3-7-11(8-4-1)13-12-9-5-2-6-10-12;1-3-9(5-7-1)10-4-2-8-6-10/h1-10H;5-6H,1-4H2. The van der Waals surface area contributed by atoms with Crippen LogP contribution in [0.3, 0.4) is 0 Å². The molecule has 4 nitrogen and oxygen atoms in total. The summed E-state index contributed by atoms with van der Waals surface area (Å²) in [6.45, 7) is 3.85. The largest absolute Gasteiger partial charge is 0.272 e. The van der Waals surface area contributed by atoms with Gasteiger partial charge in [-0.3, -0.25) is 20.0 Å². The Morgan fingerprint density at radius 2 is 1.09 bits per heavy atom. The molecule has 0 radical (unpaired) electrons. The molecule has 0 spiro atoms. The maximum atomic E-state index is 4.11. The smallest absolute Gasteiger partial charge is 0.104 e. The van der Waals surface area contributed by atoms with E-state index in [1.54, 1.807) is 11.8 Å². The summed E-state index contributed by atoms with van der Waals surface area (Å²) in [4.78, 5) is 10.8. The third-order valence-corrected chi connectivity index (χ3v) is 4.41. The van der Waals surface area contributed by atoms with E-state index in [0.29, 0.717) is 0 Å². The Hall–Kier alpha value is -2.27. The number of benzene rings is 2. The van der Waals surface area contributed by atoms with Crippen molar-refractivity contribution < 1.29 is 0 Å². The molecule has 5 heteroatoms. The highest BCUT2D eigenvalue weighted by atomic mass is 32.2. The van der Waals surface area contributed by atoms with Gasteiger partial charge in [0.15, 0.2) is 0 Å². The van der Waals surface area contributed by atoms with Gasteiger partial charge in [-0.15, -0.1) is 0 Å². The third-order valence-electron chi connectivity index (χ3n) is 3.40. The minimum Gasteiger partial charge on any atom is -0.272 e. The molecule has 2 aliphatic heterocycles. The lowest BCUT2D eigenvalue weighted by Gasteiger charge is -2.24. The van der Waals surface area contributed by atoms with Gasteiger partial charge in [0.05, 0.1) is 26.2 Å². The van der Waals surface area contributed by atoms with Gasteiger partial charge < -0.3 is 0 Å². The van der Waals surface area contributed by atoms with E-state index in [9.17, 15) is 0 Å². The highest BCUT2D eigenvalue weighted by molar-refractivity contribution is 7.99. The first-order valence-electron chi connectivity index (χ1n) is 7.73. The van der Waals surface area contributed by atoms with Crippen LogP contribution in [-0.2, 0) is 0 Å². The normalized spacial score (nSPS) is 15.7. The van der Waals surface area contributed by atoms with Crippen LogP contribution in [0.25, 0.3) is 0 Å². The summed E-state index contributed by atoms with van der Waals surface area (Å²) < 4.78 is 0. The molecule has 0 fully saturated rings.